The van der Waals surface area contributed by atoms with Crippen LogP contribution in [0.4, 0.5) is 0 Å². The van der Waals surface area contributed by atoms with Gasteiger partial charge >= 0.3 is 5.97 Å². The maximum atomic E-state index is 11.6. The van der Waals surface area contributed by atoms with E-state index in [1.54, 1.807) is 0 Å². The van der Waals surface area contributed by atoms with Crippen LogP contribution < -0.4 is 0 Å². The molecule has 0 N–H and O–H groups in total. The Labute approximate surface area is 238 Å². The Bertz CT molecular complexity index is 585. The lowest BCUT2D eigenvalue weighted by atomic mass is 9.87. The van der Waals surface area contributed by atoms with Gasteiger partial charge in [0, 0.05) is 13.2 Å². The first-order valence-corrected chi connectivity index (χ1v) is 22.6. The van der Waals surface area contributed by atoms with Gasteiger partial charge in [-0.15, -0.1) is 0 Å². The molecule has 0 aromatic heterocycles. The number of methoxy groups -OCH3 is 1. The Morgan fingerprint density at radius 2 is 1.32 bits per heavy atom. The zero-order valence-corrected chi connectivity index (χ0v) is 28.4. The van der Waals surface area contributed by atoms with Crippen molar-refractivity contribution in [3.05, 3.63) is 0 Å². The van der Waals surface area contributed by atoms with E-state index in [4.69, 9.17) is 18.3 Å². The molecule has 1 rings (SSSR count). The summed E-state index contributed by atoms with van der Waals surface area (Å²) in [6.45, 7) is 15.8. The van der Waals surface area contributed by atoms with Gasteiger partial charge < -0.3 is 18.3 Å². The van der Waals surface area contributed by atoms with E-state index in [0.717, 1.165) is 45.3 Å². The lowest BCUT2D eigenvalue weighted by molar-refractivity contribution is -0.147. The van der Waals surface area contributed by atoms with Gasteiger partial charge in [0.05, 0.1) is 25.2 Å². The molecule has 0 aliphatic heterocycles. The lowest BCUT2D eigenvalue weighted by Crippen LogP contribution is -2.42. The number of hydrogen-bond donors (Lipinski definition) is 0. The highest BCUT2D eigenvalue weighted by Gasteiger charge is 2.29. The van der Waals surface area contributed by atoms with Gasteiger partial charge in [0.2, 0.25) is 0 Å². The van der Waals surface area contributed by atoms with Crippen LogP contribution in [-0.2, 0) is 23.1 Å². The molecule has 0 aromatic carbocycles. The summed E-state index contributed by atoms with van der Waals surface area (Å²) in [5.74, 6) is 0.0416. The topological polar surface area (TPSA) is 54.0 Å². The van der Waals surface area contributed by atoms with Gasteiger partial charge in [-0.3, -0.25) is 4.79 Å². The molecular weight excluding hydrogens is 509 g/mol. The summed E-state index contributed by atoms with van der Waals surface area (Å²) in [4.78, 5) is 11.6. The lowest BCUT2D eigenvalue weighted by Gasteiger charge is -2.32. The summed E-state index contributed by atoms with van der Waals surface area (Å²) in [6, 6.07) is 1.26. The molecule has 0 amide bonds. The summed E-state index contributed by atoms with van der Waals surface area (Å²) < 4.78 is 23.8. The van der Waals surface area contributed by atoms with Crippen molar-refractivity contribution in [3.63, 3.8) is 0 Å². The quantitative estimate of drug-likeness (QED) is 0.0693. The highest BCUT2D eigenvalue weighted by molar-refractivity contribution is 6.84. The van der Waals surface area contributed by atoms with Crippen molar-refractivity contribution in [1.29, 1.82) is 0 Å². The molecule has 7 heteroatoms. The summed E-state index contributed by atoms with van der Waals surface area (Å²) >= 11 is 0. The number of unbranched alkanes of at least 4 members (excludes halogenated alkanes) is 8. The average Bonchev–Trinajstić information content (AvgIpc) is 2.85. The monoisotopic (exact) mass is 572 g/mol. The average molecular weight is 573 g/mol. The Kier molecular flexibility index (Phi) is 19.4. The van der Waals surface area contributed by atoms with Gasteiger partial charge in [0.15, 0.2) is 16.6 Å². The first kappa shape index (κ1) is 35.8. The highest BCUT2D eigenvalue weighted by atomic mass is 28.4. The molecule has 0 saturated heterocycles. The third kappa shape index (κ3) is 19.0. The highest BCUT2D eigenvalue weighted by Crippen LogP contribution is 2.27. The zero-order chi connectivity index (χ0) is 28.3. The van der Waals surface area contributed by atoms with E-state index in [-0.39, 0.29) is 11.9 Å². The van der Waals surface area contributed by atoms with Crippen LogP contribution in [0.25, 0.3) is 0 Å². The van der Waals surface area contributed by atoms with Gasteiger partial charge in [-0.25, -0.2) is 0 Å². The van der Waals surface area contributed by atoms with E-state index in [1.807, 2.05) is 0 Å². The largest absolute Gasteiger partial charge is 0.469 e. The van der Waals surface area contributed by atoms with E-state index in [0.29, 0.717) is 12.2 Å². The van der Waals surface area contributed by atoms with Gasteiger partial charge in [0.1, 0.15) is 0 Å². The predicted octanol–water partition coefficient (Wildman–Crippen LogP) is 9.27. The Morgan fingerprint density at radius 1 is 0.763 bits per heavy atom. The number of carbonyl (C=O) groups is 1. The molecule has 1 saturated carbocycles. The fourth-order valence-corrected chi connectivity index (χ4v) is 13.9. The third-order valence-corrected chi connectivity index (χ3v) is 13.9. The molecular formula is C31H64O5Si2. The summed E-state index contributed by atoms with van der Waals surface area (Å²) in [6.07, 6.45) is 21.0. The standard InChI is InChI=1S/C31H64O5Si2/c1-8-9-19-29(20-18-27-38(6,7)36-37(3,4)5)34-25-16-14-12-10-11-13-15-17-26-35-30-23-21-28(22-24-30)31(32)33-2/h28-30H,8-27H2,1-7H3. The number of carbonyl (C=O) groups excluding carboxylic acids is 1. The van der Waals surface area contributed by atoms with Crippen LogP contribution in [0.15, 0.2) is 0 Å². The minimum atomic E-state index is -1.53. The van der Waals surface area contributed by atoms with Crippen LogP contribution in [0.1, 0.15) is 116 Å². The molecule has 38 heavy (non-hydrogen) atoms. The summed E-state index contributed by atoms with van der Waals surface area (Å²) in [5.41, 5.74) is 0. The van der Waals surface area contributed by atoms with Crippen LogP contribution in [0, 0.1) is 5.92 Å². The van der Waals surface area contributed by atoms with E-state index < -0.39 is 16.6 Å². The molecule has 0 heterocycles. The second-order valence-corrected chi connectivity index (χ2v) is 22.3. The molecule has 0 spiro atoms. The Hall–Kier alpha value is -0.216. The van der Waals surface area contributed by atoms with E-state index in [2.05, 4.69) is 39.7 Å². The van der Waals surface area contributed by atoms with Crippen molar-refractivity contribution in [1.82, 2.24) is 0 Å². The molecule has 0 radical (unpaired) electrons. The first-order chi connectivity index (χ1) is 18.1. The maximum absolute atomic E-state index is 11.6. The van der Waals surface area contributed by atoms with Gasteiger partial charge in [-0.05, 0) is 90.1 Å². The van der Waals surface area contributed by atoms with Crippen LogP contribution in [0.5, 0.6) is 0 Å². The smallest absolute Gasteiger partial charge is 0.308 e. The third-order valence-electron chi connectivity index (χ3n) is 7.72. The molecule has 1 aliphatic rings. The van der Waals surface area contributed by atoms with E-state index >= 15 is 0 Å². The molecule has 1 aliphatic carbocycles. The van der Waals surface area contributed by atoms with Crippen molar-refractivity contribution in [2.24, 2.45) is 5.92 Å². The molecule has 1 atom stereocenters. The van der Waals surface area contributed by atoms with Crippen molar-refractivity contribution in [2.75, 3.05) is 20.3 Å². The summed E-state index contributed by atoms with van der Waals surface area (Å²) in [5, 5.41) is 0. The minimum absolute atomic E-state index is 0.0491. The fraction of sp³-hybridized carbons (Fsp3) is 0.968. The number of esters is 1. The Balaban J connectivity index is 1.99. The van der Waals surface area contributed by atoms with Crippen molar-refractivity contribution in [2.45, 2.75) is 167 Å². The second kappa shape index (κ2) is 20.6. The summed E-state index contributed by atoms with van der Waals surface area (Å²) in [7, 11) is -1.49. The second-order valence-electron chi connectivity index (χ2n) is 13.2. The zero-order valence-electron chi connectivity index (χ0n) is 26.4. The normalized spacial score (nSPS) is 19.4. The maximum Gasteiger partial charge on any atom is 0.308 e. The molecule has 0 bridgehead atoms. The van der Waals surface area contributed by atoms with E-state index in [1.165, 1.54) is 90.2 Å². The van der Waals surface area contributed by atoms with Crippen molar-refractivity contribution in [3.8, 4) is 0 Å². The first-order valence-electron chi connectivity index (χ1n) is 16.1. The van der Waals surface area contributed by atoms with E-state index in [9.17, 15) is 4.79 Å². The number of hydrogen-bond acceptors (Lipinski definition) is 5. The van der Waals surface area contributed by atoms with Crippen molar-refractivity contribution < 1.29 is 23.1 Å². The molecule has 0 aromatic rings. The number of ether oxygens (including phenoxy) is 3. The SMILES string of the molecule is CCCCC(CCC[Si](C)(C)O[Si](C)(C)C)OCCCCCCCCCCOC1CCC(C(=O)OC)CC1. The van der Waals surface area contributed by atoms with Crippen LogP contribution in [-0.4, -0.2) is 55.1 Å². The minimum Gasteiger partial charge on any atom is -0.469 e. The van der Waals surface area contributed by atoms with Gasteiger partial charge in [0.25, 0.3) is 0 Å². The van der Waals surface area contributed by atoms with Crippen LogP contribution >= 0.6 is 0 Å². The predicted molar refractivity (Wildman–Crippen MR) is 166 cm³/mol. The molecule has 226 valence electrons. The van der Waals surface area contributed by atoms with Gasteiger partial charge in [-0.1, -0.05) is 64.7 Å². The Morgan fingerprint density at radius 3 is 1.87 bits per heavy atom. The fourth-order valence-electron chi connectivity index (χ4n) is 5.77. The molecule has 5 nitrogen and oxygen atoms in total. The van der Waals surface area contributed by atoms with Gasteiger partial charge in [-0.2, -0.15) is 0 Å². The number of rotatable bonds is 23. The molecule has 1 unspecified atom stereocenters. The van der Waals surface area contributed by atoms with Crippen LogP contribution in [0.2, 0.25) is 38.8 Å². The van der Waals surface area contributed by atoms with Crippen molar-refractivity contribution >= 4 is 22.6 Å². The molecule has 1 fully saturated rings. The van der Waals surface area contributed by atoms with Crippen LogP contribution in [0.3, 0.4) is 0 Å².